The minimum atomic E-state index is -1.04. The van der Waals surface area contributed by atoms with Gasteiger partial charge >= 0.3 is 5.97 Å². The monoisotopic (exact) mass is 358 g/mol. The van der Waals surface area contributed by atoms with Crippen LogP contribution in [0.2, 0.25) is 4.34 Å². The maximum Gasteiger partial charge on any atom is 0.335 e. The third-order valence-electron chi connectivity index (χ3n) is 4.00. The molecule has 0 unspecified atom stereocenters. The number of carboxylic acid groups (broad SMARTS) is 1. The standard InChI is InChI=1S/C17H11ClN2O3S/c18-14-4-2-11(24-14)7-9-5-6-20-15(9)19-13-8-10(17(22)23)1-3-12(13)16(20)21/h1-4,7-8H,5-6H2,(H,22,23). The second-order valence-corrected chi connectivity index (χ2v) is 7.24. The van der Waals surface area contributed by atoms with Gasteiger partial charge in [0.25, 0.3) is 5.56 Å². The fourth-order valence-corrected chi connectivity index (χ4v) is 3.89. The van der Waals surface area contributed by atoms with Crippen molar-refractivity contribution in [2.24, 2.45) is 0 Å². The molecule has 3 aromatic rings. The zero-order valence-corrected chi connectivity index (χ0v) is 13.9. The Morgan fingerprint density at radius 1 is 1.33 bits per heavy atom. The summed E-state index contributed by atoms with van der Waals surface area (Å²) in [6, 6.07) is 8.15. The lowest BCUT2D eigenvalue weighted by Crippen LogP contribution is -2.20. The fourth-order valence-electron chi connectivity index (χ4n) is 2.87. The van der Waals surface area contributed by atoms with Crippen molar-refractivity contribution >= 4 is 51.5 Å². The van der Waals surface area contributed by atoms with Gasteiger partial charge in [-0.2, -0.15) is 0 Å². The number of aromatic nitrogens is 2. The summed E-state index contributed by atoms with van der Waals surface area (Å²) in [4.78, 5) is 29.3. The number of halogens is 1. The summed E-state index contributed by atoms with van der Waals surface area (Å²) >= 11 is 7.42. The van der Waals surface area contributed by atoms with E-state index in [1.807, 2.05) is 18.2 Å². The number of hydrogen-bond acceptors (Lipinski definition) is 4. The highest BCUT2D eigenvalue weighted by molar-refractivity contribution is 7.17. The van der Waals surface area contributed by atoms with E-state index in [1.54, 1.807) is 4.57 Å². The summed E-state index contributed by atoms with van der Waals surface area (Å²) in [7, 11) is 0. The number of allylic oxidation sites excluding steroid dienone is 1. The molecule has 0 saturated carbocycles. The molecule has 1 aromatic carbocycles. The highest BCUT2D eigenvalue weighted by Crippen LogP contribution is 2.30. The van der Waals surface area contributed by atoms with E-state index >= 15 is 0 Å². The molecule has 0 saturated heterocycles. The molecule has 0 amide bonds. The third-order valence-corrected chi connectivity index (χ3v) is 5.18. The van der Waals surface area contributed by atoms with Crippen LogP contribution in [0.15, 0.2) is 35.1 Å². The Balaban J connectivity index is 1.91. The van der Waals surface area contributed by atoms with E-state index in [-0.39, 0.29) is 11.1 Å². The number of carboxylic acids is 1. The van der Waals surface area contributed by atoms with Crippen LogP contribution in [0.3, 0.4) is 0 Å². The summed E-state index contributed by atoms with van der Waals surface area (Å²) in [5.74, 6) is -0.442. The van der Waals surface area contributed by atoms with Gasteiger partial charge in [-0.25, -0.2) is 9.78 Å². The molecular weight excluding hydrogens is 348 g/mol. The average molecular weight is 359 g/mol. The molecule has 7 heteroatoms. The molecule has 0 bridgehead atoms. The fraction of sp³-hybridized carbons (Fsp3) is 0.118. The smallest absolute Gasteiger partial charge is 0.335 e. The van der Waals surface area contributed by atoms with E-state index in [2.05, 4.69) is 4.98 Å². The number of rotatable bonds is 2. The van der Waals surface area contributed by atoms with Gasteiger partial charge in [-0.3, -0.25) is 9.36 Å². The maximum absolute atomic E-state index is 12.6. The first-order valence-corrected chi connectivity index (χ1v) is 8.46. The quantitative estimate of drug-likeness (QED) is 0.757. The number of hydrogen-bond donors (Lipinski definition) is 1. The second-order valence-electron chi connectivity index (χ2n) is 5.49. The lowest BCUT2D eigenvalue weighted by molar-refractivity contribution is 0.0697. The predicted molar refractivity (Wildman–Crippen MR) is 94.8 cm³/mol. The van der Waals surface area contributed by atoms with Gasteiger partial charge in [0.1, 0.15) is 5.82 Å². The molecule has 0 radical (unpaired) electrons. The second kappa shape index (κ2) is 5.58. The first kappa shape index (κ1) is 15.1. The van der Waals surface area contributed by atoms with Crippen molar-refractivity contribution in [2.75, 3.05) is 0 Å². The molecule has 24 heavy (non-hydrogen) atoms. The molecule has 1 N–H and O–H groups in total. The Morgan fingerprint density at radius 3 is 2.88 bits per heavy atom. The topological polar surface area (TPSA) is 72.2 Å². The Hall–Kier alpha value is -2.44. The zero-order valence-electron chi connectivity index (χ0n) is 12.3. The van der Waals surface area contributed by atoms with Crippen LogP contribution in [0, 0.1) is 0 Å². The predicted octanol–water partition coefficient (Wildman–Crippen LogP) is 3.75. The minimum absolute atomic E-state index is 0.118. The van der Waals surface area contributed by atoms with Gasteiger partial charge in [-0.15, -0.1) is 11.3 Å². The number of aromatic carboxylic acids is 1. The van der Waals surface area contributed by atoms with Gasteiger partial charge in [-0.05, 0) is 48.4 Å². The van der Waals surface area contributed by atoms with Crippen LogP contribution < -0.4 is 5.56 Å². The molecule has 0 aliphatic carbocycles. The molecular formula is C17H11ClN2O3S. The number of nitrogens with zero attached hydrogens (tertiary/aromatic N) is 2. The van der Waals surface area contributed by atoms with Crippen molar-refractivity contribution in [1.82, 2.24) is 9.55 Å². The Bertz CT molecular complexity index is 1080. The molecule has 3 heterocycles. The van der Waals surface area contributed by atoms with Crippen molar-refractivity contribution in [2.45, 2.75) is 13.0 Å². The van der Waals surface area contributed by atoms with Crippen LogP contribution in [-0.2, 0) is 6.54 Å². The largest absolute Gasteiger partial charge is 0.478 e. The van der Waals surface area contributed by atoms with Gasteiger partial charge < -0.3 is 5.11 Å². The highest BCUT2D eigenvalue weighted by atomic mass is 35.5. The van der Waals surface area contributed by atoms with E-state index in [4.69, 9.17) is 16.7 Å². The first-order valence-electron chi connectivity index (χ1n) is 7.27. The van der Waals surface area contributed by atoms with Crippen molar-refractivity contribution in [3.8, 4) is 0 Å². The van der Waals surface area contributed by atoms with E-state index in [0.29, 0.717) is 34.0 Å². The van der Waals surface area contributed by atoms with Crippen LogP contribution >= 0.6 is 22.9 Å². The first-order chi connectivity index (χ1) is 11.5. The summed E-state index contributed by atoms with van der Waals surface area (Å²) in [6.07, 6.45) is 2.69. The van der Waals surface area contributed by atoms with Crippen molar-refractivity contribution in [3.63, 3.8) is 0 Å². The van der Waals surface area contributed by atoms with E-state index < -0.39 is 5.97 Å². The summed E-state index contributed by atoms with van der Waals surface area (Å²) in [6.45, 7) is 0.572. The normalized spacial score (nSPS) is 15.1. The van der Waals surface area contributed by atoms with Crippen LogP contribution in [0.1, 0.15) is 27.5 Å². The van der Waals surface area contributed by atoms with Crippen molar-refractivity contribution in [3.05, 3.63) is 61.3 Å². The molecule has 1 aliphatic rings. The SMILES string of the molecule is O=C(O)c1ccc2c(=O)n3c(nc2c1)C(=Cc1ccc(Cl)s1)CC3. The van der Waals surface area contributed by atoms with Gasteiger partial charge in [0.05, 0.1) is 20.8 Å². The summed E-state index contributed by atoms with van der Waals surface area (Å²) in [5, 5.41) is 9.56. The zero-order chi connectivity index (χ0) is 16.8. The van der Waals surface area contributed by atoms with E-state index in [0.717, 1.165) is 10.5 Å². The van der Waals surface area contributed by atoms with Crippen LogP contribution in [0.25, 0.3) is 22.6 Å². The number of benzene rings is 1. The van der Waals surface area contributed by atoms with Gasteiger partial charge in [0.15, 0.2) is 0 Å². The number of thiophene rings is 1. The Labute approximate surface area is 145 Å². The number of carbonyl (C=O) groups is 1. The Kier molecular flexibility index (Phi) is 3.51. The van der Waals surface area contributed by atoms with Crippen molar-refractivity contribution in [1.29, 1.82) is 0 Å². The van der Waals surface area contributed by atoms with Crippen molar-refractivity contribution < 1.29 is 9.90 Å². The van der Waals surface area contributed by atoms with Gasteiger partial charge in [-0.1, -0.05) is 11.6 Å². The number of fused-ring (bicyclic) bond motifs is 2. The van der Waals surface area contributed by atoms with E-state index in [1.165, 1.54) is 29.5 Å². The molecule has 2 aromatic heterocycles. The van der Waals surface area contributed by atoms with Crippen LogP contribution in [0.4, 0.5) is 0 Å². The highest BCUT2D eigenvalue weighted by Gasteiger charge is 2.21. The third kappa shape index (κ3) is 2.44. The molecule has 1 aliphatic heterocycles. The van der Waals surface area contributed by atoms with Crippen LogP contribution in [0.5, 0.6) is 0 Å². The average Bonchev–Trinajstić information content (AvgIpc) is 3.14. The molecule has 0 fully saturated rings. The minimum Gasteiger partial charge on any atom is -0.478 e. The molecule has 5 nitrogen and oxygen atoms in total. The lowest BCUT2D eigenvalue weighted by Gasteiger charge is -2.06. The lowest BCUT2D eigenvalue weighted by atomic mass is 10.1. The van der Waals surface area contributed by atoms with Crippen LogP contribution in [-0.4, -0.2) is 20.6 Å². The molecule has 0 spiro atoms. The molecule has 120 valence electrons. The van der Waals surface area contributed by atoms with E-state index in [9.17, 15) is 9.59 Å². The van der Waals surface area contributed by atoms with Gasteiger partial charge in [0, 0.05) is 11.4 Å². The Morgan fingerprint density at radius 2 is 2.17 bits per heavy atom. The maximum atomic E-state index is 12.6. The van der Waals surface area contributed by atoms with Gasteiger partial charge in [0.2, 0.25) is 0 Å². The molecule has 0 atom stereocenters. The summed E-state index contributed by atoms with van der Waals surface area (Å²) < 4.78 is 2.35. The summed E-state index contributed by atoms with van der Waals surface area (Å²) in [5.41, 5.74) is 1.34. The molecule has 4 rings (SSSR count).